The lowest BCUT2D eigenvalue weighted by atomic mass is 10.1. The Balaban J connectivity index is 1.79. The fourth-order valence-corrected chi connectivity index (χ4v) is 2.56. The number of carbonyl (C=O) groups is 2. The van der Waals surface area contributed by atoms with Crippen molar-refractivity contribution in [3.8, 4) is 0 Å². The summed E-state index contributed by atoms with van der Waals surface area (Å²) in [5.74, 6) is -1.47. The number of ether oxygens (including phenoxy) is 1. The Morgan fingerprint density at radius 1 is 1.14 bits per heavy atom. The lowest BCUT2D eigenvalue weighted by Gasteiger charge is -2.18. The molecule has 9 heteroatoms. The number of esters is 1. The summed E-state index contributed by atoms with van der Waals surface area (Å²) in [4.78, 5) is 34.6. The van der Waals surface area contributed by atoms with Gasteiger partial charge >= 0.3 is 5.97 Å². The monoisotopic (exact) mass is 403 g/mol. The highest BCUT2D eigenvalue weighted by Crippen LogP contribution is 2.23. The molecule has 0 radical (unpaired) electrons. The summed E-state index contributed by atoms with van der Waals surface area (Å²) in [5.41, 5.74) is 0.916. The third-order valence-corrected chi connectivity index (χ3v) is 4.15. The summed E-state index contributed by atoms with van der Waals surface area (Å²) in [6, 6.07) is 11.4. The van der Waals surface area contributed by atoms with Crippen molar-refractivity contribution in [2.75, 3.05) is 11.9 Å². The Hall–Kier alpha value is -3.49. The number of nitro benzene ring substituents is 1. The third kappa shape index (κ3) is 6.56. The quantitative estimate of drug-likeness (QED) is 0.377. The van der Waals surface area contributed by atoms with Crippen LogP contribution in [0, 0.1) is 15.9 Å². The number of hydrogen-bond donors (Lipinski definition) is 2. The highest BCUT2D eigenvalue weighted by atomic mass is 19.1. The van der Waals surface area contributed by atoms with Crippen LogP contribution in [0.1, 0.15) is 31.9 Å². The number of carbonyl (C=O) groups excluding carboxylic acids is 2. The van der Waals surface area contributed by atoms with E-state index in [2.05, 4.69) is 10.6 Å². The van der Waals surface area contributed by atoms with Crippen molar-refractivity contribution in [1.29, 1.82) is 0 Å². The summed E-state index contributed by atoms with van der Waals surface area (Å²) in [6.07, 6.45) is -1.09. The molecule has 2 aromatic carbocycles. The van der Waals surface area contributed by atoms with Gasteiger partial charge in [0.2, 0.25) is 0 Å². The van der Waals surface area contributed by atoms with Gasteiger partial charge in [-0.15, -0.1) is 0 Å². The lowest BCUT2D eigenvalue weighted by Crippen LogP contribution is -2.37. The van der Waals surface area contributed by atoms with Crippen LogP contribution in [0.15, 0.2) is 48.5 Å². The molecule has 0 saturated carbocycles. The molecule has 0 aliphatic heterocycles. The first-order chi connectivity index (χ1) is 13.8. The predicted molar refractivity (Wildman–Crippen MR) is 105 cm³/mol. The molecular weight excluding hydrogens is 381 g/mol. The molecular formula is C20H22FN3O5. The van der Waals surface area contributed by atoms with Crippen molar-refractivity contribution in [3.05, 3.63) is 70.0 Å². The summed E-state index contributed by atoms with van der Waals surface area (Å²) in [5, 5.41) is 16.5. The number of nitrogens with zero attached hydrogens (tertiary/aromatic N) is 1. The number of hydrogen-bond acceptors (Lipinski definition) is 6. The van der Waals surface area contributed by atoms with Crippen LogP contribution in [0.25, 0.3) is 0 Å². The van der Waals surface area contributed by atoms with Crippen molar-refractivity contribution < 1.29 is 23.6 Å². The van der Waals surface area contributed by atoms with Gasteiger partial charge in [-0.25, -0.2) is 4.39 Å². The first-order valence-electron chi connectivity index (χ1n) is 9.00. The van der Waals surface area contributed by atoms with Gasteiger partial charge in [0.15, 0.2) is 6.10 Å². The molecule has 1 amide bonds. The molecule has 8 nitrogen and oxygen atoms in total. The van der Waals surface area contributed by atoms with Gasteiger partial charge in [0, 0.05) is 12.6 Å². The van der Waals surface area contributed by atoms with Crippen molar-refractivity contribution in [1.82, 2.24) is 5.32 Å². The number of nitrogens with one attached hydrogen (secondary N) is 2. The topological polar surface area (TPSA) is 111 Å². The Labute approximate surface area is 167 Å². The van der Waals surface area contributed by atoms with Gasteiger partial charge in [-0.05, 0) is 37.6 Å². The van der Waals surface area contributed by atoms with E-state index in [9.17, 15) is 24.1 Å². The predicted octanol–water partition coefficient (Wildman–Crippen LogP) is 3.35. The minimum atomic E-state index is -1.02. The van der Waals surface area contributed by atoms with Crippen molar-refractivity contribution in [2.45, 2.75) is 32.4 Å². The molecule has 0 saturated heterocycles. The molecule has 2 N–H and O–H groups in total. The second kappa shape index (κ2) is 10.2. The highest BCUT2D eigenvalue weighted by Gasteiger charge is 2.20. The first-order valence-corrected chi connectivity index (χ1v) is 9.00. The Bertz CT molecular complexity index is 873. The molecule has 29 heavy (non-hydrogen) atoms. The molecule has 0 fully saturated rings. The number of halogens is 1. The number of amides is 1. The molecule has 2 atom stereocenters. The Morgan fingerprint density at radius 3 is 2.45 bits per heavy atom. The van der Waals surface area contributed by atoms with Gasteiger partial charge in [0.25, 0.3) is 11.6 Å². The van der Waals surface area contributed by atoms with E-state index < -0.39 is 22.9 Å². The molecule has 0 heterocycles. The van der Waals surface area contributed by atoms with Gasteiger partial charge in [0.05, 0.1) is 17.4 Å². The van der Waals surface area contributed by atoms with Crippen LogP contribution in [-0.4, -0.2) is 29.4 Å². The second-order valence-corrected chi connectivity index (χ2v) is 6.36. The molecule has 0 bridgehead atoms. The summed E-state index contributed by atoms with van der Waals surface area (Å²) in [6.45, 7) is 3.29. The van der Waals surface area contributed by atoms with Gasteiger partial charge < -0.3 is 15.4 Å². The minimum Gasteiger partial charge on any atom is -0.452 e. The Morgan fingerprint density at radius 2 is 1.79 bits per heavy atom. The SMILES string of the molecule is CC(OC(=O)CCNc1ccccc1[N+](=O)[O-])C(=O)NC(C)c1ccc(F)cc1. The fourth-order valence-electron chi connectivity index (χ4n) is 2.56. The van der Waals surface area contributed by atoms with E-state index in [0.29, 0.717) is 11.3 Å². The normalized spacial score (nSPS) is 12.5. The van der Waals surface area contributed by atoms with E-state index in [-0.39, 0.29) is 30.5 Å². The maximum Gasteiger partial charge on any atom is 0.308 e. The second-order valence-electron chi connectivity index (χ2n) is 6.36. The fraction of sp³-hybridized carbons (Fsp3) is 0.300. The first kappa shape index (κ1) is 21.8. The van der Waals surface area contributed by atoms with Crippen LogP contribution in [0.3, 0.4) is 0 Å². The minimum absolute atomic E-state index is 0.0722. The zero-order valence-corrected chi connectivity index (χ0v) is 16.1. The van der Waals surface area contributed by atoms with Crippen molar-refractivity contribution in [3.63, 3.8) is 0 Å². The molecule has 0 spiro atoms. The van der Waals surface area contributed by atoms with E-state index in [4.69, 9.17) is 4.74 Å². The lowest BCUT2D eigenvalue weighted by molar-refractivity contribution is -0.384. The molecule has 154 valence electrons. The largest absolute Gasteiger partial charge is 0.452 e. The number of rotatable bonds is 9. The maximum absolute atomic E-state index is 13.0. The summed E-state index contributed by atoms with van der Waals surface area (Å²) < 4.78 is 18.1. The smallest absolute Gasteiger partial charge is 0.308 e. The molecule has 2 rings (SSSR count). The van der Waals surface area contributed by atoms with Gasteiger partial charge in [-0.1, -0.05) is 24.3 Å². The molecule has 2 aromatic rings. The van der Waals surface area contributed by atoms with Crippen LogP contribution in [0.5, 0.6) is 0 Å². The molecule has 0 aliphatic carbocycles. The maximum atomic E-state index is 13.0. The van der Waals surface area contributed by atoms with Crippen LogP contribution >= 0.6 is 0 Å². The highest BCUT2D eigenvalue weighted by molar-refractivity contribution is 5.83. The average Bonchev–Trinajstić information content (AvgIpc) is 2.68. The van der Waals surface area contributed by atoms with Gasteiger partial charge in [-0.3, -0.25) is 19.7 Å². The molecule has 0 aromatic heterocycles. The number of nitro groups is 1. The average molecular weight is 403 g/mol. The summed E-state index contributed by atoms with van der Waals surface area (Å²) in [7, 11) is 0. The van der Waals surface area contributed by atoms with Crippen molar-refractivity contribution >= 4 is 23.3 Å². The van der Waals surface area contributed by atoms with Crippen molar-refractivity contribution in [2.24, 2.45) is 0 Å². The Kier molecular flexibility index (Phi) is 7.64. The van der Waals surface area contributed by atoms with Crippen LogP contribution < -0.4 is 10.6 Å². The van der Waals surface area contributed by atoms with Crippen LogP contribution in [0.2, 0.25) is 0 Å². The zero-order valence-electron chi connectivity index (χ0n) is 16.1. The summed E-state index contributed by atoms with van der Waals surface area (Å²) >= 11 is 0. The standard InChI is InChI=1S/C20H22FN3O5/c1-13(15-7-9-16(21)10-8-15)23-20(26)14(2)29-19(25)11-12-22-17-5-3-4-6-18(17)24(27)28/h3-10,13-14,22H,11-12H2,1-2H3,(H,23,26). The van der Waals surface area contributed by atoms with Gasteiger partial charge in [0.1, 0.15) is 11.5 Å². The zero-order chi connectivity index (χ0) is 21.4. The van der Waals surface area contributed by atoms with E-state index in [1.165, 1.54) is 31.2 Å². The number of benzene rings is 2. The van der Waals surface area contributed by atoms with E-state index in [1.54, 1.807) is 31.2 Å². The number of anilines is 1. The molecule has 0 aliphatic rings. The van der Waals surface area contributed by atoms with Crippen LogP contribution in [-0.2, 0) is 14.3 Å². The number of para-hydroxylation sites is 2. The van der Waals surface area contributed by atoms with Gasteiger partial charge in [-0.2, -0.15) is 0 Å². The van der Waals surface area contributed by atoms with E-state index in [0.717, 1.165) is 0 Å². The van der Waals surface area contributed by atoms with E-state index in [1.807, 2.05) is 0 Å². The molecule has 2 unspecified atom stereocenters. The van der Waals surface area contributed by atoms with Crippen LogP contribution in [0.4, 0.5) is 15.8 Å². The third-order valence-electron chi connectivity index (χ3n) is 4.15. The van der Waals surface area contributed by atoms with E-state index >= 15 is 0 Å².